The maximum Gasteiger partial charge on any atom is 0.295 e. The van der Waals surface area contributed by atoms with Crippen LogP contribution in [0.1, 0.15) is 17.2 Å². The number of benzene rings is 2. The summed E-state index contributed by atoms with van der Waals surface area (Å²) >= 11 is 0. The number of hydrogen-bond donors (Lipinski definition) is 1. The highest BCUT2D eigenvalue weighted by atomic mass is 16.5. The van der Waals surface area contributed by atoms with E-state index in [1.807, 2.05) is 0 Å². The molecule has 1 atom stereocenters. The summed E-state index contributed by atoms with van der Waals surface area (Å²) in [6.45, 7) is 0.452. The van der Waals surface area contributed by atoms with Crippen LogP contribution >= 0.6 is 0 Å². The molecule has 1 aliphatic heterocycles. The van der Waals surface area contributed by atoms with Crippen molar-refractivity contribution in [3.05, 3.63) is 65.2 Å². The van der Waals surface area contributed by atoms with Crippen LogP contribution in [0.15, 0.2) is 54.1 Å². The molecule has 152 valence electrons. The third-order valence-electron chi connectivity index (χ3n) is 4.85. The minimum Gasteiger partial charge on any atom is -0.507 e. The molecule has 0 unspecified atom stereocenters. The van der Waals surface area contributed by atoms with E-state index in [9.17, 15) is 14.7 Å². The number of carbonyl (C=O) groups excluding carboxylic acids is 2. The number of nitrogens with zero attached hydrogens (tertiary/aromatic N) is 1. The molecular weight excluding hydrogens is 374 g/mol. The van der Waals surface area contributed by atoms with Crippen LogP contribution in [-0.2, 0) is 14.3 Å². The molecule has 0 saturated carbocycles. The molecule has 0 aromatic heterocycles. The van der Waals surface area contributed by atoms with Gasteiger partial charge in [-0.05, 0) is 17.7 Å². The second kappa shape index (κ2) is 8.79. The molecule has 1 fully saturated rings. The summed E-state index contributed by atoms with van der Waals surface area (Å²) in [7, 11) is 4.55. The van der Waals surface area contributed by atoms with Crippen LogP contribution in [0.3, 0.4) is 0 Å². The van der Waals surface area contributed by atoms with Crippen molar-refractivity contribution in [3.63, 3.8) is 0 Å². The number of likely N-dealkylation sites (tertiary alicyclic amines) is 1. The van der Waals surface area contributed by atoms with Crippen LogP contribution in [0.25, 0.3) is 5.76 Å². The second-order valence-corrected chi connectivity index (χ2v) is 6.47. The second-order valence-electron chi connectivity index (χ2n) is 6.47. The standard InChI is InChI=1S/C22H23NO6/c1-27-12-11-23-19(15-9-10-16(28-2)17(13-15)29-3)18(21(25)22(23)26)20(24)14-7-5-4-6-8-14/h4-10,13,19,24H,11-12H2,1-3H3/b20-18+/t19-/m1/s1. The summed E-state index contributed by atoms with van der Waals surface area (Å²) in [5, 5.41) is 10.9. The van der Waals surface area contributed by atoms with E-state index in [1.54, 1.807) is 48.5 Å². The Hall–Kier alpha value is -3.32. The van der Waals surface area contributed by atoms with E-state index in [2.05, 4.69) is 0 Å². The molecule has 0 bridgehead atoms. The van der Waals surface area contributed by atoms with Crippen LogP contribution in [-0.4, -0.2) is 56.2 Å². The number of methoxy groups -OCH3 is 3. The Morgan fingerprint density at radius 1 is 1.00 bits per heavy atom. The molecule has 2 aromatic carbocycles. The number of aliphatic hydroxyl groups excluding tert-OH is 1. The molecule has 1 N–H and O–H groups in total. The smallest absolute Gasteiger partial charge is 0.295 e. The number of rotatable bonds is 7. The molecule has 1 aliphatic rings. The monoisotopic (exact) mass is 397 g/mol. The van der Waals surface area contributed by atoms with Gasteiger partial charge in [0.15, 0.2) is 11.5 Å². The molecule has 1 heterocycles. The maximum absolute atomic E-state index is 12.8. The Bertz CT molecular complexity index is 938. The molecule has 2 aromatic rings. The normalized spacial score (nSPS) is 18.2. The van der Waals surface area contributed by atoms with Crippen molar-refractivity contribution in [2.45, 2.75) is 6.04 Å². The zero-order valence-electron chi connectivity index (χ0n) is 16.5. The van der Waals surface area contributed by atoms with Gasteiger partial charge in [-0.25, -0.2) is 0 Å². The summed E-state index contributed by atoms with van der Waals surface area (Å²) in [5.41, 5.74) is 1.11. The third kappa shape index (κ3) is 3.82. The zero-order chi connectivity index (χ0) is 21.0. The van der Waals surface area contributed by atoms with E-state index < -0.39 is 17.7 Å². The number of aliphatic hydroxyl groups is 1. The SMILES string of the molecule is COCCN1C(=O)C(=O)/C(=C(/O)c2ccccc2)[C@H]1c1ccc(OC)c(OC)c1. The number of ketones is 1. The van der Waals surface area contributed by atoms with Crippen LogP contribution < -0.4 is 9.47 Å². The maximum atomic E-state index is 12.8. The molecule has 0 spiro atoms. The fourth-order valence-electron chi connectivity index (χ4n) is 3.42. The molecule has 7 nitrogen and oxygen atoms in total. The summed E-state index contributed by atoms with van der Waals surface area (Å²) in [4.78, 5) is 27.0. The molecule has 7 heteroatoms. The van der Waals surface area contributed by atoms with E-state index in [-0.39, 0.29) is 24.5 Å². The molecule has 0 radical (unpaired) electrons. The highest BCUT2D eigenvalue weighted by Gasteiger charge is 2.46. The molecule has 1 saturated heterocycles. The first-order chi connectivity index (χ1) is 14.0. The van der Waals surface area contributed by atoms with E-state index >= 15 is 0 Å². The van der Waals surface area contributed by atoms with Gasteiger partial charge in [-0.2, -0.15) is 0 Å². The van der Waals surface area contributed by atoms with Crippen LogP contribution in [0.2, 0.25) is 0 Å². The van der Waals surface area contributed by atoms with Gasteiger partial charge in [-0.1, -0.05) is 36.4 Å². The first kappa shape index (κ1) is 20.4. The van der Waals surface area contributed by atoms with E-state index in [4.69, 9.17) is 14.2 Å². The van der Waals surface area contributed by atoms with Gasteiger partial charge in [0.2, 0.25) is 0 Å². The number of Topliss-reactive ketones (excluding diaryl/α,β-unsaturated/α-hetero) is 1. The summed E-state index contributed by atoms with van der Waals surface area (Å²) in [5.74, 6) is -0.652. The van der Waals surface area contributed by atoms with Crippen molar-refractivity contribution in [2.75, 3.05) is 34.5 Å². The minimum absolute atomic E-state index is 0.0320. The van der Waals surface area contributed by atoms with Crippen molar-refractivity contribution < 1.29 is 28.9 Å². The predicted octanol–water partition coefficient (Wildman–Crippen LogP) is 2.77. The van der Waals surface area contributed by atoms with Crippen molar-refractivity contribution in [1.29, 1.82) is 0 Å². The largest absolute Gasteiger partial charge is 0.507 e. The summed E-state index contributed by atoms with van der Waals surface area (Å²) < 4.78 is 15.8. The number of carbonyl (C=O) groups is 2. The fourth-order valence-corrected chi connectivity index (χ4v) is 3.42. The lowest BCUT2D eigenvalue weighted by molar-refractivity contribution is -0.140. The lowest BCUT2D eigenvalue weighted by atomic mass is 9.95. The average molecular weight is 397 g/mol. The van der Waals surface area contributed by atoms with E-state index in [1.165, 1.54) is 26.2 Å². The van der Waals surface area contributed by atoms with Crippen LogP contribution in [0.5, 0.6) is 11.5 Å². The Labute approximate surface area is 169 Å². The van der Waals surface area contributed by atoms with Crippen LogP contribution in [0.4, 0.5) is 0 Å². The average Bonchev–Trinajstić information content (AvgIpc) is 3.01. The Balaban J connectivity index is 2.18. The Morgan fingerprint density at radius 2 is 1.69 bits per heavy atom. The minimum atomic E-state index is -0.773. The van der Waals surface area contributed by atoms with E-state index in [0.29, 0.717) is 22.6 Å². The van der Waals surface area contributed by atoms with Gasteiger partial charge >= 0.3 is 0 Å². The molecule has 0 aliphatic carbocycles. The zero-order valence-corrected chi connectivity index (χ0v) is 16.5. The van der Waals surface area contributed by atoms with Gasteiger partial charge in [0.1, 0.15) is 5.76 Å². The lowest BCUT2D eigenvalue weighted by Crippen LogP contribution is -2.32. The van der Waals surface area contributed by atoms with Crippen LogP contribution in [0, 0.1) is 0 Å². The molecule has 1 amide bonds. The number of amides is 1. The van der Waals surface area contributed by atoms with Crippen molar-refractivity contribution in [3.8, 4) is 11.5 Å². The number of ether oxygens (including phenoxy) is 3. The molecular formula is C22H23NO6. The fraction of sp³-hybridized carbons (Fsp3) is 0.273. The molecule has 3 rings (SSSR count). The topological polar surface area (TPSA) is 85.3 Å². The van der Waals surface area contributed by atoms with Crippen molar-refractivity contribution in [2.24, 2.45) is 0 Å². The molecule has 29 heavy (non-hydrogen) atoms. The number of hydrogen-bond acceptors (Lipinski definition) is 6. The summed E-state index contributed by atoms with van der Waals surface area (Å²) in [6.07, 6.45) is 0. The lowest BCUT2D eigenvalue weighted by Gasteiger charge is -2.25. The first-order valence-electron chi connectivity index (χ1n) is 9.08. The Morgan fingerprint density at radius 3 is 2.31 bits per heavy atom. The van der Waals surface area contributed by atoms with Gasteiger partial charge in [0.25, 0.3) is 11.7 Å². The third-order valence-corrected chi connectivity index (χ3v) is 4.85. The first-order valence-corrected chi connectivity index (χ1v) is 9.08. The van der Waals surface area contributed by atoms with Gasteiger partial charge in [-0.15, -0.1) is 0 Å². The van der Waals surface area contributed by atoms with Crippen molar-refractivity contribution in [1.82, 2.24) is 4.90 Å². The van der Waals surface area contributed by atoms with Gasteiger partial charge < -0.3 is 24.2 Å². The van der Waals surface area contributed by atoms with Gasteiger partial charge in [0.05, 0.1) is 32.4 Å². The van der Waals surface area contributed by atoms with Crippen molar-refractivity contribution >= 4 is 17.4 Å². The highest BCUT2D eigenvalue weighted by Crippen LogP contribution is 2.41. The van der Waals surface area contributed by atoms with E-state index in [0.717, 1.165) is 0 Å². The quantitative estimate of drug-likeness (QED) is 0.439. The van der Waals surface area contributed by atoms with Gasteiger partial charge in [-0.3, -0.25) is 9.59 Å². The predicted molar refractivity (Wildman–Crippen MR) is 107 cm³/mol. The van der Waals surface area contributed by atoms with Gasteiger partial charge in [0, 0.05) is 19.2 Å². The highest BCUT2D eigenvalue weighted by molar-refractivity contribution is 6.46. The Kier molecular flexibility index (Phi) is 6.19. The summed E-state index contributed by atoms with van der Waals surface area (Å²) in [6, 6.07) is 13.1.